The van der Waals surface area contributed by atoms with E-state index in [-0.39, 0.29) is 30.2 Å². The SMILES string of the molecule is O=C(C[C@]1(CCCc2ccccc2)CCN([C@@H](C(=O)NC2CC2)C2CCCCC2)C1=O)NO. The fourth-order valence-electron chi connectivity index (χ4n) is 5.79. The number of hydroxylamine groups is 1. The van der Waals surface area contributed by atoms with Gasteiger partial charge < -0.3 is 10.2 Å². The number of likely N-dealkylation sites (tertiary alicyclic amines) is 1. The molecule has 0 bridgehead atoms. The van der Waals surface area contributed by atoms with Crippen LogP contribution in [0.5, 0.6) is 0 Å². The maximum Gasteiger partial charge on any atom is 0.244 e. The van der Waals surface area contributed by atoms with E-state index in [0.717, 1.165) is 51.4 Å². The highest BCUT2D eigenvalue weighted by Crippen LogP contribution is 2.43. The summed E-state index contributed by atoms with van der Waals surface area (Å²) in [5.74, 6) is -0.486. The predicted octanol–water partition coefficient (Wildman–Crippen LogP) is 3.35. The zero-order chi connectivity index (χ0) is 23.3. The quantitative estimate of drug-likeness (QED) is 0.372. The molecule has 2 aliphatic carbocycles. The van der Waals surface area contributed by atoms with Gasteiger partial charge in [-0.25, -0.2) is 5.48 Å². The Bertz CT molecular complexity index is 835. The van der Waals surface area contributed by atoms with E-state index in [4.69, 9.17) is 0 Å². The normalized spacial score (nSPS) is 24.5. The number of aryl methyl sites for hydroxylation is 1. The zero-order valence-electron chi connectivity index (χ0n) is 19.4. The van der Waals surface area contributed by atoms with Gasteiger partial charge in [0.15, 0.2) is 0 Å². The van der Waals surface area contributed by atoms with Crippen LogP contribution in [0, 0.1) is 11.3 Å². The summed E-state index contributed by atoms with van der Waals surface area (Å²) in [7, 11) is 0. The number of nitrogens with zero attached hydrogens (tertiary/aromatic N) is 1. The summed E-state index contributed by atoms with van der Waals surface area (Å²) >= 11 is 0. The van der Waals surface area contributed by atoms with Crippen molar-refractivity contribution in [1.29, 1.82) is 0 Å². The number of carbonyl (C=O) groups is 3. The van der Waals surface area contributed by atoms with Gasteiger partial charge in [0.25, 0.3) is 0 Å². The molecule has 7 heteroatoms. The number of benzene rings is 1. The first-order valence-electron chi connectivity index (χ1n) is 12.6. The summed E-state index contributed by atoms with van der Waals surface area (Å²) in [6.07, 6.45) is 9.96. The minimum absolute atomic E-state index is 0.0237. The van der Waals surface area contributed by atoms with Gasteiger partial charge in [0, 0.05) is 19.0 Å². The van der Waals surface area contributed by atoms with Crippen LogP contribution in [0.3, 0.4) is 0 Å². The van der Waals surface area contributed by atoms with Gasteiger partial charge in [-0.05, 0) is 62.8 Å². The van der Waals surface area contributed by atoms with Crippen molar-refractivity contribution >= 4 is 17.7 Å². The maximum absolute atomic E-state index is 13.9. The Morgan fingerprint density at radius 1 is 1.09 bits per heavy atom. The lowest BCUT2D eigenvalue weighted by Gasteiger charge is -2.37. The molecule has 7 nitrogen and oxygen atoms in total. The van der Waals surface area contributed by atoms with Crippen molar-refractivity contribution in [3.8, 4) is 0 Å². The topological polar surface area (TPSA) is 98.7 Å². The van der Waals surface area contributed by atoms with Crippen molar-refractivity contribution in [2.45, 2.75) is 89.1 Å². The van der Waals surface area contributed by atoms with E-state index in [2.05, 4.69) is 17.4 Å². The van der Waals surface area contributed by atoms with E-state index in [1.807, 2.05) is 18.2 Å². The molecule has 1 aromatic carbocycles. The molecule has 180 valence electrons. The van der Waals surface area contributed by atoms with Crippen LogP contribution in [-0.2, 0) is 20.8 Å². The van der Waals surface area contributed by atoms with E-state index < -0.39 is 17.4 Å². The van der Waals surface area contributed by atoms with E-state index >= 15 is 0 Å². The minimum atomic E-state index is -0.867. The number of nitrogens with one attached hydrogen (secondary N) is 2. The molecule has 1 heterocycles. The molecule has 2 atom stereocenters. The van der Waals surface area contributed by atoms with Crippen LogP contribution in [0.25, 0.3) is 0 Å². The zero-order valence-corrected chi connectivity index (χ0v) is 19.4. The molecule has 1 saturated heterocycles. The third-order valence-corrected chi connectivity index (χ3v) is 7.76. The van der Waals surface area contributed by atoms with Crippen LogP contribution in [-0.4, -0.2) is 46.5 Å². The van der Waals surface area contributed by atoms with Gasteiger partial charge in [0.05, 0.1) is 5.41 Å². The number of hydrogen-bond acceptors (Lipinski definition) is 4. The largest absolute Gasteiger partial charge is 0.352 e. The van der Waals surface area contributed by atoms with E-state index in [1.54, 1.807) is 10.4 Å². The monoisotopic (exact) mass is 455 g/mol. The summed E-state index contributed by atoms with van der Waals surface area (Å²) in [5, 5.41) is 12.3. The van der Waals surface area contributed by atoms with Gasteiger partial charge in [0.1, 0.15) is 6.04 Å². The fraction of sp³-hybridized carbons (Fsp3) is 0.654. The van der Waals surface area contributed by atoms with Crippen LogP contribution in [0.1, 0.15) is 76.2 Å². The van der Waals surface area contributed by atoms with Gasteiger partial charge in [-0.15, -0.1) is 0 Å². The summed E-state index contributed by atoms with van der Waals surface area (Å²) in [5.41, 5.74) is 2.05. The second kappa shape index (κ2) is 10.7. The molecule has 3 aliphatic rings. The molecule has 3 N–H and O–H groups in total. The lowest BCUT2D eigenvalue weighted by Crippen LogP contribution is -2.54. The van der Waals surface area contributed by atoms with Crippen LogP contribution >= 0.6 is 0 Å². The Kier molecular flexibility index (Phi) is 7.68. The Balaban J connectivity index is 1.51. The van der Waals surface area contributed by atoms with E-state index in [1.165, 1.54) is 12.0 Å². The van der Waals surface area contributed by atoms with Gasteiger partial charge in [-0.3, -0.25) is 19.6 Å². The lowest BCUT2D eigenvalue weighted by atomic mass is 9.77. The van der Waals surface area contributed by atoms with Crippen molar-refractivity contribution in [1.82, 2.24) is 15.7 Å². The Morgan fingerprint density at radius 3 is 2.48 bits per heavy atom. The molecule has 0 radical (unpaired) electrons. The smallest absolute Gasteiger partial charge is 0.244 e. The second-order valence-corrected chi connectivity index (χ2v) is 10.2. The first-order valence-corrected chi connectivity index (χ1v) is 12.6. The standard InChI is InChI=1S/C26H37N3O4/c30-22(28-33)18-26(15-7-10-19-8-3-1-4-9-19)16-17-29(25(26)32)23(20-11-5-2-6-12-20)24(31)27-21-13-14-21/h1,3-4,8-9,20-21,23,33H,2,5-7,10-18H2,(H,27,31)(H,28,30)/t23-,26+/m1/s1. The summed E-state index contributed by atoms with van der Waals surface area (Å²) in [6, 6.07) is 9.91. The summed E-state index contributed by atoms with van der Waals surface area (Å²) in [6.45, 7) is 0.488. The number of hydrogen-bond donors (Lipinski definition) is 3. The van der Waals surface area contributed by atoms with Crippen molar-refractivity contribution < 1.29 is 19.6 Å². The number of rotatable bonds is 10. The Morgan fingerprint density at radius 2 is 1.82 bits per heavy atom. The van der Waals surface area contributed by atoms with Crippen LogP contribution in [0.15, 0.2) is 30.3 Å². The minimum Gasteiger partial charge on any atom is -0.352 e. The molecule has 3 fully saturated rings. The maximum atomic E-state index is 13.9. The molecule has 0 unspecified atom stereocenters. The summed E-state index contributed by atoms with van der Waals surface area (Å²) < 4.78 is 0. The first-order chi connectivity index (χ1) is 16.0. The average molecular weight is 456 g/mol. The molecule has 3 amide bonds. The fourth-order valence-corrected chi connectivity index (χ4v) is 5.79. The Hall–Kier alpha value is -2.41. The number of amides is 3. The molecule has 1 aliphatic heterocycles. The molecule has 0 spiro atoms. The molecule has 1 aromatic rings. The van der Waals surface area contributed by atoms with Crippen molar-refractivity contribution in [3.05, 3.63) is 35.9 Å². The van der Waals surface area contributed by atoms with Crippen molar-refractivity contribution in [2.24, 2.45) is 11.3 Å². The van der Waals surface area contributed by atoms with Gasteiger partial charge in [-0.2, -0.15) is 0 Å². The highest BCUT2D eigenvalue weighted by atomic mass is 16.5. The molecule has 2 saturated carbocycles. The molecular formula is C26H37N3O4. The van der Waals surface area contributed by atoms with Crippen molar-refractivity contribution in [3.63, 3.8) is 0 Å². The Labute approximate surface area is 196 Å². The third-order valence-electron chi connectivity index (χ3n) is 7.76. The average Bonchev–Trinajstić information content (AvgIpc) is 3.60. The summed E-state index contributed by atoms with van der Waals surface area (Å²) in [4.78, 5) is 41.2. The third kappa shape index (κ3) is 5.75. The number of carbonyl (C=O) groups excluding carboxylic acids is 3. The molecular weight excluding hydrogens is 418 g/mol. The lowest BCUT2D eigenvalue weighted by molar-refractivity contribution is -0.148. The van der Waals surface area contributed by atoms with Crippen LogP contribution in [0.2, 0.25) is 0 Å². The van der Waals surface area contributed by atoms with E-state index in [0.29, 0.717) is 19.4 Å². The van der Waals surface area contributed by atoms with Gasteiger partial charge in [0.2, 0.25) is 17.7 Å². The van der Waals surface area contributed by atoms with Gasteiger partial charge >= 0.3 is 0 Å². The highest BCUT2D eigenvalue weighted by Gasteiger charge is 2.52. The van der Waals surface area contributed by atoms with Crippen molar-refractivity contribution in [2.75, 3.05) is 6.54 Å². The highest BCUT2D eigenvalue weighted by molar-refractivity contribution is 5.94. The first kappa shape index (κ1) is 23.7. The van der Waals surface area contributed by atoms with E-state index in [9.17, 15) is 19.6 Å². The molecule has 4 rings (SSSR count). The van der Waals surface area contributed by atoms with Crippen LogP contribution < -0.4 is 10.8 Å². The predicted molar refractivity (Wildman–Crippen MR) is 124 cm³/mol. The van der Waals surface area contributed by atoms with Gasteiger partial charge in [-0.1, -0.05) is 49.6 Å². The molecule has 0 aromatic heterocycles. The second-order valence-electron chi connectivity index (χ2n) is 10.2. The van der Waals surface area contributed by atoms with Crippen LogP contribution in [0.4, 0.5) is 0 Å². The molecule has 33 heavy (non-hydrogen) atoms.